The monoisotopic (exact) mass is 544 g/mol. The second kappa shape index (κ2) is 11.7. The zero-order valence-electron chi connectivity index (χ0n) is 23.4. The van der Waals surface area contributed by atoms with Crippen LogP contribution in [0.1, 0.15) is 52.3 Å². The lowest BCUT2D eigenvalue weighted by Gasteiger charge is -2.30. The van der Waals surface area contributed by atoms with Crippen molar-refractivity contribution in [2.75, 3.05) is 6.61 Å². The molecule has 10 heteroatoms. The van der Waals surface area contributed by atoms with E-state index in [1.54, 1.807) is 6.20 Å². The van der Waals surface area contributed by atoms with E-state index in [1.165, 1.54) is 0 Å². The molecule has 2 amide bonds. The number of nitrogens with one attached hydrogen (secondary N) is 4. The average molecular weight is 545 g/mol. The number of imidazole rings is 2. The minimum absolute atomic E-state index is 0.103. The first-order valence-corrected chi connectivity index (χ1v) is 13.1. The van der Waals surface area contributed by atoms with Crippen LogP contribution in [0.5, 0.6) is 0 Å². The van der Waals surface area contributed by atoms with Crippen LogP contribution < -0.4 is 10.6 Å². The van der Waals surface area contributed by atoms with Crippen LogP contribution in [-0.2, 0) is 16.1 Å². The van der Waals surface area contributed by atoms with Gasteiger partial charge in [-0.3, -0.25) is 4.79 Å². The third-order valence-corrected chi connectivity index (χ3v) is 6.42. The summed E-state index contributed by atoms with van der Waals surface area (Å²) in [6, 6.07) is 15.7. The maximum Gasteiger partial charge on any atom is 0.408 e. The lowest BCUT2D eigenvalue weighted by molar-refractivity contribution is -0.111. The van der Waals surface area contributed by atoms with Gasteiger partial charge in [0.05, 0.1) is 30.6 Å². The molecule has 0 aliphatic heterocycles. The van der Waals surface area contributed by atoms with Gasteiger partial charge in [-0.25, -0.2) is 14.8 Å². The summed E-state index contributed by atoms with van der Waals surface area (Å²) in [7, 11) is 0. The number of carbonyl (C=O) groups is 2. The second-order valence-corrected chi connectivity index (χ2v) is 11.3. The largest absolute Gasteiger partial charge is 0.444 e. The van der Waals surface area contributed by atoms with Crippen molar-refractivity contribution >= 4 is 12.5 Å². The van der Waals surface area contributed by atoms with E-state index in [9.17, 15) is 14.7 Å². The van der Waals surface area contributed by atoms with Crippen LogP contribution in [0.25, 0.3) is 33.6 Å². The number of aliphatic hydroxyl groups is 1. The summed E-state index contributed by atoms with van der Waals surface area (Å²) >= 11 is 0. The van der Waals surface area contributed by atoms with Gasteiger partial charge in [-0.2, -0.15) is 0 Å². The van der Waals surface area contributed by atoms with Crippen molar-refractivity contribution in [3.05, 3.63) is 72.6 Å². The van der Waals surface area contributed by atoms with Crippen molar-refractivity contribution in [2.24, 2.45) is 5.41 Å². The van der Waals surface area contributed by atoms with Crippen LogP contribution in [0.3, 0.4) is 0 Å². The van der Waals surface area contributed by atoms with Crippen molar-refractivity contribution in [3.63, 3.8) is 0 Å². The number of carbonyl (C=O) groups excluding carboxylic acids is 2. The van der Waals surface area contributed by atoms with E-state index in [4.69, 9.17) is 4.74 Å². The fraction of sp³-hybridized carbons (Fsp3) is 0.333. The van der Waals surface area contributed by atoms with Gasteiger partial charge in [-0.1, -0.05) is 62.4 Å². The van der Waals surface area contributed by atoms with Crippen LogP contribution in [0.2, 0.25) is 0 Å². The molecular weight excluding hydrogens is 508 g/mol. The predicted octanol–water partition coefficient (Wildman–Crippen LogP) is 4.96. The Morgan fingerprint density at radius 1 is 0.900 bits per heavy atom. The van der Waals surface area contributed by atoms with Crippen molar-refractivity contribution in [1.82, 2.24) is 30.6 Å². The highest BCUT2D eigenvalue weighted by atomic mass is 16.6. The first-order valence-electron chi connectivity index (χ1n) is 13.1. The van der Waals surface area contributed by atoms with E-state index in [1.807, 2.05) is 89.3 Å². The molecule has 2 heterocycles. The molecule has 0 saturated heterocycles. The third-order valence-electron chi connectivity index (χ3n) is 6.42. The minimum atomic E-state index is -0.583. The van der Waals surface area contributed by atoms with Gasteiger partial charge in [-0.05, 0) is 31.9 Å². The lowest BCUT2D eigenvalue weighted by Crippen LogP contribution is -2.36. The van der Waals surface area contributed by atoms with Gasteiger partial charge in [-0.15, -0.1) is 0 Å². The number of rotatable bonds is 10. The Bertz CT molecular complexity index is 1430. The van der Waals surface area contributed by atoms with Crippen LogP contribution in [-0.4, -0.2) is 49.8 Å². The maximum absolute atomic E-state index is 11.9. The average Bonchev–Trinajstić information content (AvgIpc) is 3.60. The molecule has 0 fully saturated rings. The number of aliphatic hydroxyl groups excluding tert-OH is 1. The Balaban J connectivity index is 1.41. The van der Waals surface area contributed by atoms with Crippen LogP contribution >= 0.6 is 0 Å². The molecule has 2 aromatic heterocycles. The molecule has 0 radical (unpaired) electrons. The predicted molar refractivity (Wildman–Crippen MR) is 153 cm³/mol. The van der Waals surface area contributed by atoms with E-state index in [0.717, 1.165) is 33.6 Å². The normalized spacial score (nSPS) is 12.6. The quantitative estimate of drug-likeness (QED) is 0.178. The molecule has 4 aromatic rings. The number of aromatic amines is 2. The molecule has 5 N–H and O–H groups in total. The number of benzene rings is 2. The molecular formula is C30H36N6O4. The molecule has 0 bridgehead atoms. The van der Waals surface area contributed by atoms with Gasteiger partial charge in [0, 0.05) is 28.9 Å². The Hall–Kier alpha value is -4.44. The maximum atomic E-state index is 11.9. The van der Waals surface area contributed by atoms with E-state index >= 15 is 0 Å². The SMILES string of the molecule is CC(C)(C)OC(=O)NCc1nc(-c2ccc(-c3ccc(-c4c[nH]c(C(NC=O)C(C)(C)CO)n4)cc3)cc2)c[nH]1. The highest BCUT2D eigenvalue weighted by Crippen LogP contribution is 2.33. The number of H-pyrrole nitrogens is 2. The van der Waals surface area contributed by atoms with Crippen molar-refractivity contribution in [3.8, 4) is 33.6 Å². The standard InChI is InChI=1S/C30H36N6O4/c1-29(2,3)40-28(39)33-16-25-31-14-23(35-25)21-10-6-19(7-11-21)20-8-12-22(13-9-20)24-15-32-27(36-24)26(34-18-38)30(4,5)17-37/h6-15,18,26,37H,16-17H2,1-5H3,(H,31,35)(H,32,36)(H,33,39)(H,34,38). The summed E-state index contributed by atoms with van der Waals surface area (Å²) in [4.78, 5) is 38.5. The molecule has 210 valence electrons. The number of aromatic nitrogens is 4. The minimum Gasteiger partial charge on any atom is -0.444 e. The molecule has 1 unspecified atom stereocenters. The van der Waals surface area contributed by atoms with Gasteiger partial charge in [0.25, 0.3) is 0 Å². The number of nitrogens with zero attached hydrogens (tertiary/aromatic N) is 2. The molecule has 0 spiro atoms. The zero-order chi connectivity index (χ0) is 28.9. The summed E-state index contributed by atoms with van der Waals surface area (Å²) in [6.45, 7) is 9.32. The Morgan fingerprint density at radius 3 is 1.95 bits per heavy atom. The Kier molecular flexibility index (Phi) is 8.39. The van der Waals surface area contributed by atoms with E-state index in [0.29, 0.717) is 18.1 Å². The van der Waals surface area contributed by atoms with Gasteiger partial charge < -0.3 is 30.4 Å². The zero-order valence-corrected chi connectivity index (χ0v) is 23.4. The topological polar surface area (TPSA) is 145 Å². The molecule has 0 aliphatic rings. The molecule has 4 rings (SSSR count). The molecule has 0 saturated carbocycles. The number of alkyl carbamates (subject to hydrolysis) is 1. The number of hydrogen-bond acceptors (Lipinski definition) is 6. The van der Waals surface area contributed by atoms with Crippen LogP contribution in [0, 0.1) is 5.41 Å². The fourth-order valence-corrected chi connectivity index (χ4v) is 4.20. The molecule has 10 nitrogen and oxygen atoms in total. The highest BCUT2D eigenvalue weighted by molar-refractivity contribution is 5.71. The number of ether oxygens (including phenoxy) is 1. The third kappa shape index (κ3) is 6.95. The summed E-state index contributed by atoms with van der Waals surface area (Å²) in [5.74, 6) is 1.22. The van der Waals surface area contributed by atoms with Gasteiger partial charge in [0.15, 0.2) is 0 Å². The van der Waals surface area contributed by atoms with Crippen molar-refractivity contribution in [1.29, 1.82) is 0 Å². The second-order valence-electron chi connectivity index (χ2n) is 11.3. The summed E-state index contributed by atoms with van der Waals surface area (Å²) in [5.41, 5.74) is 4.38. The first kappa shape index (κ1) is 28.6. The van der Waals surface area contributed by atoms with Crippen LogP contribution in [0.15, 0.2) is 60.9 Å². The molecule has 2 aromatic carbocycles. The van der Waals surface area contributed by atoms with Gasteiger partial charge in [0.1, 0.15) is 17.2 Å². The smallest absolute Gasteiger partial charge is 0.408 e. The summed E-state index contributed by atoms with van der Waals surface area (Å²) < 4.78 is 5.26. The molecule has 40 heavy (non-hydrogen) atoms. The van der Waals surface area contributed by atoms with E-state index in [-0.39, 0.29) is 13.2 Å². The fourth-order valence-electron chi connectivity index (χ4n) is 4.20. The highest BCUT2D eigenvalue weighted by Gasteiger charge is 2.32. The van der Waals surface area contributed by atoms with Crippen LogP contribution in [0.4, 0.5) is 4.79 Å². The Morgan fingerprint density at radius 2 is 1.43 bits per heavy atom. The van der Waals surface area contributed by atoms with Crippen molar-refractivity contribution < 1.29 is 19.4 Å². The molecule has 0 aliphatic carbocycles. The lowest BCUT2D eigenvalue weighted by atomic mass is 9.85. The van der Waals surface area contributed by atoms with E-state index in [2.05, 4.69) is 30.6 Å². The summed E-state index contributed by atoms with van der Waals surface area (Å²) in [5, 5.41) is 15.2. The molecule has 1 atom stereocenters. The Labute approximate surface area is 233 Å². The number of amides is 2. The van der Waals surface area contributed by atoms with Gasteiger partial charge >= 0.3 is 6.09 Å². The first-order chi connectivity index (χ1) is 19.0. The number of hydrogen-bond donors (Lipinski definition) is 5. The van der Waals surface area contributed by atoms with Crippen molar-refractivity contribution in [2.45, 2.75) is 52.8 Å². The van der Waals surface area contributed by atoms with Gasteiger partial charge in [0.2, 0.25) is 6.41 Å². The van der Waals surface area contributed by atoms with E-state index < -0.39 is 23.2 Å². The summed E-state index contributed by atoms with van der Waals surface area (Å²) in [6.07, 6.45) is 3.75.